The van der Waals surface area contributed by atoms with Gasteiger partial charge >= 0.3 is 0 Å². The van der Waals surface area contributed by atoms with E-state index in [1.54, 1.807) is 0 Å². The molecule has 1 aliphatic heterocycles. The average molecular weight is 339 g/mol. The Hall–Kier alpha value is -1.01. The molecular formula is C17H30N4OS. The van der Waals surface area contributed by atoms with Gasteiger partial charge in [-0.2, -0.15) is 16.9 Å². The van der Waals surface area contributed by atoms with Crippen LogP contribution in [0, 0.1) is 13.8 Å². The van der Waals surface area contributed by atoms with E-state index in [1.165, 1.54) is 11.5 Å². The van der Waals surface area contributed by atoms with Crippen LogP contribution >= 0.6 is 11.8 Å². The highest BCUT2D eigenvalue weighted by Gasteiger charge is 2.22. The molecule has 1 saturated heterocycles. The molecule has 1 aromatic heterocycles. The van der Waals surface area contributed by atoms with Gasteiger partial charge in [0.2, 0.25) is 5.91 Å². The second-order valence-corrected chi connectivity index (χ2v) is 7.68. The summed E-state index contributed by atoms with van der Waals surface area (Å²) in [6.45, 7) is 12.6. The summed E-state index contributed by atoms with van der Waals surface area (Å²) >= 11 is 2.00. The van der Waals surface area contributed by atoms with Crippen molar-refractivity contribution in [3.63, 3.8) is 0 Å². The second-order valence-electron chi connectivity index (χ2n) is 6.36. The molecule has 2 rings (SSSR count). The number of carbonyl (C=O) groups is 1. The van der Waals surface area contributed by atoms with Crippen molar-refractivity contribution in [3.05, 3.63) is 17.5 Å². The smallest absolute Gasteiger partial charge is 0.244 e. The van der Waals surface area contributed by atoms with Crippen LogP contribution in [0.2, 0.25) is 0 Å². The van der Waals surface area contributed by atoms with Crippen molar-refractivity contribution in [1.29, 1.82) is 0 Å². The van der Waals surface area contributed by atoms with E-state index in [2.05, 4.69) is 23.8 Å². The number of hydrogen-bond donors (Lipinski definition) is 0. The fraction of sp³-hybridized carbons (Fsp3) is 0.765. The molecule has 1 fully saturated rings. The fourth-order valence-electron chi connectivity index (χ4n) is 3.08. The molecule has 0 radical (unpaired) electrons. The first-order valence-corrected chi connectivity index (χ1v) is 9.77. The van der Waals surface area contributed by atoms with Gasteiger partial charge < -0.3 is 4.90 Å². The lowest BCUT2D eigenvalue weighted by atomic mass is 10.3. The summed E-state index contributed by atoms with van der Waals surface area (Å²) in [5.41, 5.74) is 2.03. The Morgan fingerprint density at radius 2 is 2.09 bits per heavy atom. The van der Waals surface area contributed by atoms with Gasteiger partial charge in [-0.25, -0.2) is 0 Å². The van der Waals surface area contributed by atoms with Crippen molar-refractivity contribution in [2.24, 2.45) is 0 Å². The van der Waals surface area contributed by atoms with Crippen LogP contribution in [0.25, 0.3) is 0 Å². The first-order chi connectivity index (χ1) is 11.0. The Bertz CT molecular complexity index is 517. The minimum absolute atomic E-state index is 0.189. The summed E-state index contributed by atoms with van der Waals surface area (Å²) in [5, 5.41) is 4.40. The number of aromatic nitrogens is 2. The van der Waals surface area contributed by atoms with Crippen LogP contribution in [0.15, 0.2) is 6.07 Å². The van der Waals surface area contributed by atoms with Crippen LogP contribution in [-0.2, 0) is 11.3 Å². The van der Waals surface area contributed by atoms with Crippen LogP contribution in [0.1, 0.15) is 31.7 Å². The molecule has 0 saturated carbocycles. The standard InChI is InChI=1S/C17H30N4OS/c1-5-23-13-16(4)19-7-6-8-20(10-9-19)17(22)12-21-15(3)11-14(2)18-21/h11,16H,5-10,12-13H2,1-4H3. The van der Waals surface area contributed by atoms with Crippen molar-refractivity contribution in [2.45, 2.75) is 46.7 Å². The maximum atomic E-state index is 12.6. The monoisotopic (exact) mass is 338 g/mol. The molecule has 0 aromatic carbocycles. The van der Waals surface area contributed by atoms with E-state index in [0.29, 0.717) is 12.6 Å². The molecule has 1 amide bonds. The lowest BCUT2D eigenvalue weighted by Crippen LogP contribution is -2.40. The Morgan fingerprint density at radius 3 is 2.74 bits per heavy atom. The van der Waals surface area contributed by atoms with Crippen LogP contribution in [0.4, 0.5) is 0 Å². The zero-order valence-electron chi connectivity index (χ0n) is 14.9. The highest BCUT2D eigenvalue weighted by Crippen LogP contribution is 2.12. The maximum Gasteiger partial charge on any atom is 0.244 e. The summed E-state index contributed by atoms with van der Waals surface area (Å²) in [4.78, 5) is 17.1. The van der Waals surface area contributed by atoms with E-state index in [0.717, 1.165) is 44.0 Å². The molecule has 5 nitrogen and oxygen atoms in total. The van der Waals surface area contributed by atoms with Crippen LogP contribution in [0.3, 0.4) is 0 Å². The van der Waals surface area contributed by atoms with Gasteiger partial charge in [-0.05, 0) is 39.0 Å². The third kappa shape index (κ3) is 5.24. The van der Waals surface area contributed by atoms with Gasteiger partial charge in [0.15, 0.2) is 0 Å². The normalized spacial score (nSPS) is 18.0. The number of hydrogen-bond acceptors (Lipinski definition) is 4. The predicted molar refractivity (Wildman–Crippen MR) is 96.9 cm³/mol. The summed E-state index contributed by atoms with van der Waals surface area (Å²) in [6, 6.07) is 2.61. The van der Waals surface area contributed by atoms with E-state index < -0.39 is 0 Å². The molecule has 0 bridgehead atoms. The Morgan fingerprint density at radius 1 is 1.30 bits per heavy atom. The Balaban J connectivity index is 1.87. The molecular weight excluding hydrogens is 308 g/mol. The third-order valence-corrected chi connectivity index (χ3v) is 5.58. The average Bonchev–Trinajstić information content (AvgIpc) is 2.72. The lowest BCUT2D eigenvalue weighted by molar-refractivity contribution is -0.132. The van der Waals surface area contributed by atoms with Gasteiger partial charge in [0, 0.05) is 43.7 Å². The summed E-state index contributed by atoms with van der Waals surface area (Å²) < 4.78 is 1.82. The van der Waals surface area contributed by atoms with E-state index in [-0.39, 0.29) is 5.91 Å². The zero-order chi connectivity index (χ0) is 16.8. The lowest BCUT2D eigenvalue weighted by Gasteiger charge is -2.27. The van der Waals surface area contributed by atoms with E-state index in [1.807, 2.05) is 41.3 Å². The minimum Gasteiger partial charge on any atom is -0.340 e. The van der Waals surface area contributed by atoms with Crippen LogP contribution in [-0.4, -0.2) is 69.2 Å². The van der Waals surface area contributed by atoms with Crippen molar-refractivity contribution in [2.75, 3.05) is 37.7 Å². The molecule has 1 unspecified atom stereocenters. The largest absolute Gasteiger partial charge is 0.340 e. The number of nitrogens with zero attached hydrogens (tertiary/aromatic N) is 4. The number of amides is 1. The highest BCUT2D eigenvalue weighted by atomic mass is 32.2. The molecule has 23 heavy (non-hydrogen) atoms. The van der Waals surface area contributed by atoms with Crippen molar-refractivity contribution in [3.8, 4) is 0 Å². The van der Waals surface area contributed by atoms with Gasteiger partial charge in [0.25, 0.3) is 0 Å². The number of rotatable bonds is 6. The van der Waals surface area contributed by atoms with Gasteiger partial charge in [0.1, 0.15) is 6.54 Å². The second kappa shape index (κ2) is 8.73. The molecule has 130 valence electrons. The van der Waals surface area contributed by atoms with Gasteiger partial charge in [0.05, 0.1) is 5.69 Å². The summed E-state index contributed by atoms with van der Waals surface area (Å²) in [5.74, 6) is 2.54. The Labute approximate surface area is 144 Å². The highest BCUT2D eigenvalue weighted by molar-refractivity contribution is 7.99. The molecule has 1 aromatic rings. The minimum atomic E-state index is 0.189. The van der Waals surface area contributed by atoms with E-state index in [9.17, 15) is 4.79 Å². The maximum absolute atomic E-state index is 12.6. The fourth-order valence-corrected chi connectivity index (χ4v) is 3.87. The molecule has 6 heteroatoms. The topological polar surface area (TPSA) is 41.4 Å². The number of thioether (sulfide) groups is 1. The van der Waals surface area contributed by atoms with Gasteiger partial charge in [-0.1, -0.05) is 6.92 Å². The van der Waals surface area contributed by atoms with Crippen LogP contribution in [0.5, 0.6) is 0 Å². The number of carbonyl (C=O) groups excluding carboxylic acids is 1. The molecule has 0 aliphatic carbocycles. The zero-order valence-corrected chi connectivity index (χ0v) is 15.7. The van der Waals surface area contributed by atoms with Gasteiger partial charge in [-0.3, -0.25) is 14.4 Å². The van der Waals surface area contributed by atoms with Crippen molar-refractivity contribution < 1.29 is 4.79 Å². The summed E-state index contributed by atoms with van der Waals surface area (Å²) in [6.07, 6.45) is 1.06. The first kappa shape index (κ1) is 18.3. The number of aryl methyl sites for hydroxylation is 2. The predicted octanol–water partition coefficient (Wildman–Crippen LogP) is 2.18. The Kier molecular flexibility index (Phi) is 6.96. The van der Waals surface area contributed by atoms with Crippen molar-refractivity contribution in [1.82, 2.24) is 19.6 Å². The molecule has 0 N–H and O–H groups in total. The van der Waals surface area contributed by atoms with E-state index in [4.69, 9.17) is 0 Å². The third-order valence-electron chi connectivity index (χ3n) is 4.46. The van der Waals surface area contributed by atoms with Gasteiger partial charge in [-0.15, -0.1) is 0 Å². The molecule has 2 heterocycles. The quantitative estimate of drug-likeness (QED) is 0.797. The molecule has 0 spiro atoms. The molecule has 1 aliphatic rings. The van der Waals surface area contributed by atoms with Crippen LogP contribution < -0.4 is 0 Å². The first-order valence-electron chi connectivity index (χ1n) is 8.62. The van der Waals surface area contributed by atoms with E-state index >= 15 is 0 Å². The molecule has 1 atom stereocenters. The van der Waals surface area contributed by atoms with Crippen molar-refractivity contribution >= 4 is 17.7 Å². The SMILES string of the molecule is CCSCC(C)N1CCCN(C(=O)Cn2nc(C)cc2C)CC1. The summed E-state index contributed by atoms with van der Waals surface area (Å²) in [7, 11) is 0.